The van der Waals surface area contributed by atoms with Crippen molar-refractivity contribution in [2.24, 2.45) is 11.7 Å². The van der Waals surface area contributed by atoms with E-state index in [1.165, 1.54) is 6.92 Å². The van der Waals surface area contributed by atoms with Gasteiger partial charge in [-0.3, -0.25) is 4.79 Å². The summed E-state index contributed by atoms with van der Waals surface area (Å²) in [6.07, 6.45) is 0. The second-order valence-electron chi connectivity index (χ2n) is 4.04. The van der Waals surface area contributed by atoms with Gasteiger partial charge in [0.1, 0.15) is 10.7 Å². The number of aromatic carboxylic acids is 1. The third-order valence-electron chi connectivity index (χ3n) is 2.47. The Hall–Kier alpha value is -1.96. The van der Waals surface area contributed by atoms with Gasteiger partial charge in [-0.1, -0.05) is 6.92 Å². The van der Waals surface area contributed by atoms with E-state index in [0.29, 0.717) is 0 Å². The Morgan fingerprint density at radius 1 is 1.42 bits per heavy atom. The van der Waals surface area contributed by atoms with Crippen LogP contribution in [0.5, 0.6) is 0 Å². The SMILES string of the molecule is CC(CS(=O)(=O)c1cc(C(=O)O)ccc1F)C(N)=O. The van der Waals surface area contributed by atoms with Crippen molar-refractivity contribution in [1.82, 2.24) is 0 Å². The van der Waals surface area contributed by atoms with E-state index in [2.05, 4.69) is 0 Å². The number of primary amides is 1. The Balaban J connectivity index is 3.24. The normalized spacial score (nSPS) is 12.9. The van der Waals surface area contributed by atoms with Gasteiger partial charge in [0.25, 0.3) is 0 Å². The van der Waals surface area contributed by atoms with Gasteiger partial charge >= 0.3 is 5.97 Å². The van der Waals surface area contributed by atoms with Gasteiger partial charge in [0.15, 0.2) is 9.84 Å². The highest BCUT2D eigenvalue weighted by Gasteiger charge is 2.25. The molecule has 0 saturated carbocycles. The topological polar surface area (TPSA) is 115 Å². The summed E-state index contributed by atoms with van der Waals surface area (Å²) in [5, 5.41) is 8.74. The summed E-state index contributed by atoms with van der Waals surface area (Å²) in [4.78, 5) is 20.8. The molecule has 8 heteroatoms. The molecule has 6 nitrogen and oxygen atoms in total. The summed E-state index contributed by atoms with van der Waals surface area (Å²) < 4.78 is 37.3. The predicted molar refractivity (Wildman–Crippen MR) is 63.8 cm³/mol. The van der Waals surface area contributed by atoms with Crippen LogP contribution >= 0.6 is 0 Å². The Bertz CT molecular complexity index is 626. The fourth-order valence-corrected chi connectivity index (χ4v) is 3.05. The van der Waals surface area contributed by atoms with Crippen LogP contribution in [-0.2, 0) is 14.6 Å². The van der Waals surface area contributed by atoms with Crippen LogP contribution in [0, 0.1) is 11.7 Å². The number of carboxylic acids is 1. The summed E-state index contributed by atoms with van der Waals surface area (Å²) in [5.74, 6) is -4.96. The third-order valence-corrected chi connectivity index (χ3v) is 4.39. The van der Waals surface area contributed by atoms with Gasteiger partial charge in [-0.25, -0.2) is 17.6 Å². The number of sulfone groups is 1. The van der Waals surface area contributed by atoms with Crippen LogP contribution in [0.3, 0.4) is 0 Å². The average molecular weight is 289 g/mol. The van der Waals surface area contributed by atoms with Crippen molar-refractivity contribution in [3.63, 3.8) is 0 Å². The lowest BCUT2D eigenvalue weighted by Gasteiger charge is -2.10. The predicted octanol–water partition coefficient (Wildman–Crippen LogP) is 0.419. The Morgan fingerprint density at radius 3 is 2.47 bits per heavy atom. The van der Waals surface area contributed by atoms with Crippen LogP contribution in [0.4, 0.5) is 4.39 Å². The first-order valence-corrected chi connectivity index (χ1v) is 6.85. The van der Waals surface area contributed by atoms with Crippen LogP contribution < -0.4 is 5.73 Å². The quantitative estimate of drug-likeness (QED) is 0.815. The molecular formula is C11H12FNO5S. The fourth-order valence-electron chi connectivity index (χ4n) is 1.38. The van der Waals surface area contributed by atoms with E-state index >= 15 is 0 Å². The number of benzene rings is 1. The highest BCUT2D eigenvalue weighted by Crippen LogP contribution is 2.20. The molecule has 0 aliphatic rings. The molecule has 0 aromatic heterocycles. The first kappa shape index (κ1) is 15.1. The largest absolute Gasteiger partial charge is 0.478 e. The molecule has 1 rings (SSSR count). The molecule has 1 aromatic rings. The summed E-state index contributed by atoms with van der Waals surface area (Å²) >= 11 is 0. The molecule has 0 aliphatic heterocycles. The maximum atomic E-state index is 13.5. The molecule has 104 valence electrons. The number of amides is 1. The van der Waals surface area contributed by atoms with Crippen LogP contribution in [-0.4, -0.2) is 31.2 Å². The van der Waals surface area contributed by atoms with Crippen LogP contribution in [0.1, 0.15) is 17.3 Å². The summed E-state index contributed by atoms with van der Waals surface area (Å²) in [6.45, 7) is 1.29. The molecule has 0 radical (unpaired) electrons. The lowest BCUT2D eigenvalue weighted by atomic mass is 10.2. The number of halogens is 1. The molecule has 1 amide bonds. The van der Waals surface area contributed by atoms with E-state index in [4.69, 9.17) is 10.8 Å². The van der Waals surface area contributed by atoms with Gasteiger partial charge in [-0.05, 0) is 18.2 Å². The van der Waals surface area contributed by atoms with Gasteiger partial charge in [0, 0.05) is 5.92 Å². The van der Waals surface area contributed by atoms with E-state index in [-0.39, 0.29) is 5.56 Å². The number of nitrogens with two attached hydrogens (primary N) is 1. The Morgan fingerprint density at radius 2 is 2.00 bits per heavy atom. The average Bonchev–Trinajstić information content (AvgIpc) is 2.28. The van der Waals surface area contributed by atoms with Crippen molar-refractivity contribution >= 4 is 21.7 Å². The van der Waals surface area contributed by atoms with Crippen LogP contribution in [0.15, 0.2) is 23.1 Å². The third kappa shape index (κ3) is 3.50. The maximum Gasteiger partial charge on any atom is 0.335 e. The van der Waals surface area contributed by atoms with E-state index < -0.39 is 44.1 Å². The zero-order valence-electron chi connectivity index (χ0n) is 9.96. The number of hydrogen-bond donors (Lipinski definition) is 2. The van der Waals surface area contributed by atoms with Crippen molar-refractivity contribution in [1.29, 1.82) is 0 Å². The molecule has 1 atom stereocenters. The van der Waals surface area contributed by atoms with Crippen molar-refractivity contribution < 1.29 is 27.5 Å². The molecule has 0 fully saturated rings. The minimum absolute atomic E-state index is 0.355. The fraction of sp³-hybridized carbons (Fsp3) is 0.273. The van der Waals surface area contributed by atoms with Gasteiger partial charge in [0.2, 0.25) is 5.91 Å². The Kier molecular flexibility index (Phi) is 4.25. The highest BCUT2D eigenvalue weighted by molar-refractivity contribution is 7.91. The number of rotatable bonds is 5. The Labute approximate surface area is 109 Å². The van der Waals surface area contributed by atoms with Gasteiger partial charge in [0.05, 0.1) is 11.3 Å². The molecule has 3 N–H and O–H groups in total. The number of carbonyl (C=O) groups excluding carboxylic acids is 1. The molecule has 0 spiro atoms. The smallest absolute Gasteiger partial charge is 0.335 e. The van der Waals surface area contributed by atoms with Gasteiger partial charge in [-0.15, -0.1) is 0 Å². The molecular weight excluding hydrogens is 277 g/mol. The maximum absolute atomic E-state index is 13.5. The van der Waals surface area contributed by atoms with Crippen molar-refractivity contribution in [2.75, 3.05) is 5.75 Å². The number of hydrogen-bond acceptors (Lipinski definition) is 4. The summed E-state index contributed by atoms with van der Waals surface area (Å²) in [6, 6.07) is 2.43. The van der Waals surface area contributed by atoms with E-state index in [9.17, 15) is 22.4 Å². The minimum atomic E-state index is -4.13. The lowest BCUT2D eigenvalue weighted by molar-refractivity contribution is -0.120. The molecule has 0 bridgehead atoms. The monoisotopic (exact) mass is 289 g/mol. The number of carbonyl (C=O) groups is 2. The first-order chi connectivity index (χ1) is 8.65. The molecule has 0 saturated heterocycles. The highest BCUT2D eigenvalue weighted by atomic mass is 32.2. The van der Waals surface area contributed by atoms with Crippen molar-refractivity contribution in [3.05, 3.63) is 29.6 Å². The molecule has 1 unspecified atom stereocenters. The standard InChI is InChI=1S/C11H12FNO5S/c1-6(10(13)14)5-19(17,18)9-4-7(11(15)16)2-3-8(9)12/h2-4,6H,5H2,1H3,(H2,13,14)(H,15,16). The molecule has 1 aromatic carbocycles. The first-order valence-electron chi connectivity index (χ1n) is 5.20. The van der Waals surface area contributed by atoms with E-state index in [1.54, 1.807) is 0 Å². The summed E-state index contributed by atoms with van der Waals surface area (Å²) in [7, 11) is -4.13. The second-order valence-corrected chi connectivity index (χ2v) is 6.04. The van der Waals surface area contributed by atoms with E-state index in [0.717, 1.165) is 18.2 Å². The molecule has 0 aliphatic carbocycles. The lowest BCUT2D eigenvalue weighted by Crippen LogP contribution is -2.27. The second kappa shape index (κ2) is 5.35. The van der Waals surface area contributed by atoms with E-state index in [1.807, 2.05) is 0 Å². The molecule has 19 heavy (non-hydrogen) atoms. The molecule has 0 heterocycles. The number of carboxylic acid groups (broad SMARTS) is 1. The van der Waals surface area contributed by atoms with Crippen molar-refractivity contribution in [2.45, 2.75) is 11.8 Å². The zero-order chi connectivity index (χ0) is 14.8. The van der Waals surface area contributed by atoms with Crippen molar-refractivity contribution in [3.8, 4) is 0 Å². The van der Waals surface area contributed by atoms with Gasteiger partial charge in [-0.2, -0.15) is 0 Å². The minimum Gasteiger partial charge on any atom is -0.478 e. The van der Waals surface area contributed by atoms with Gasteiger partial charge < -0.3 is 10.8 Å². The summed E-state index contributed by atoms with van der Waals surface area (Å²) in [5.41, 5.74) is 4.59. The zero-order valence-corrected chi connectivity index (χ0v) is 10.8. The van der Waals surface area contributed by atoms with Crippen LogP contribution in [0.2, 0.25) is 0 Å². The van der Waals surface area contributed by atoms with Crippen LogP contribution in [0.25, 0.3) is 0 Å².